The van der Waals surface area contributed by atoms with Gasteiger partial charge in [0, 0.05) is 16.7 Å². The third-order valence-electron chi connectivity index (χ3n) is 6.73. The Balaban J connectivity index is 2.03. The lowest BCUT2D eigenvalue weighted by molar-refractivity contribution is -0.185. The molecule has 2 bridgehead atoms. The first-order valence-corrected chi connectivity index (χ1v) is 9.00. The maximum absolute atomic E-state index is 12.9. The van der Waals surface area contributed by atoms with Crippen molar-refractivity contribution in [3.8, 4) is 11.5 Å². The van der Waals surface area contributed by atoms with Crippen LogP contribution in [0.25, 0.3) is 0 Å². The van der Waals surface area contributed by atoms with Crippen molar-refractivity contribution in [2.24, 2.45) is 11.3 Å². The minimum Gasteiger partial charge on any atom is -0.508 e. The first-order chi connectivity index (χ1) is 11.2. The second-order valence-corrected chi connectivity index (χ2v) is 8.77. The summed E-state index contributed by atoms with van der Waals surface area (Å²) in [6.45, 7) is 8.40. The van der Waals surface area contributed by atoms with Crippen LogP contribution in [-0.2, 0) is 14.9 Å². The van der Waals surface area contributed by atoms with Crippen LogP contribution in [0.5, 0.6) is 11.5 Å². The molecule has 4 aliphatic rings. The second-order valence-electron chi connectivity index (χ2n) is 8.77. The fourth-order valence-electron chi connectivity index (χ4n) is 5.60. The van der Waals surface area contributed by atoms with Gasteiger partial charge in [-0.3, -0.25) is 4.79 Å². The summed E-state index contributed by atoms with van der Waals surface area (Å²) in [6.07, 6.45) is 2.98. The molecule has 4 heteroatoms. The molecule has 2 aliphatic heterocycles. The van der Waals surface area contributed by atoms with Gasteiger partial charge in [0.05, 0.1) is 0 Å². The van der Waals surface area contributed by atoms with Crippen molar-refractivity contribution in [1.82, 2.24) is 0 Å². The molecule has 130 valence electrons. The van der Waals surface area contributed by atoms with Crippen LogP contribution in [0.4, 0.5) is 0 Å². The summed E-state index contributed by atoms with van der Waals surface area (Å²) < 4.78 is 5.73. The lowest BCUT2D eigenvalue weighted by Crippen LogP contribution is -2.59. The first kappa shape index (κ1) is 15.8. The summed E-state index contributed by atoms with van der Waals surface area (Å²) in [6, 6.07) is 1.65. The summed E-state index contributed by atoms with van der Waals surface area (Å²) in [5, 5.41) is 21.7. The van der Waals surface area contributed by atoms with Crippen molar-refractivity contribution in [2.45, 2.75) is 70.8 Å². The molecule has 2 aliphatic carbocycles. The molecule has 1 aromatic rings. The van der Waals surface area contributed by atoms with Gasteiger partial charge in [0.15, 0.2) is 0 Å². The largest absolute Gasteiger partial charge is 0.508 e. The van der Waals surface area contributed by atoms with Crippen LogP contribution in [-0.4, -0.2) is 16.2 Å². The molecule has 2 heterocycles. The van der Waals surface area contributed by atoms with Crippen molar-refractivity contribution in [3.05, 3.63) is 22.8 Å². The van der Waals surface area contributed by atoms with E-state index in [1.54, 1.807) is 6.07 Å². The van der Waals surface area contributed by atoms with E-state index in [1.165, 1.54) is 0 Å². The van der Waals surface area contributed by atoms with E-state index in [4.69, 9.17) is 4.74 Å². The molecule has 24 heavy (non-hydrogen) atoms. The number of ether oxygens (including phenoxy) is 1. The third kappa shape index (κ3) is 1.72. The molecule has 0 aromatic heterocycles. The number of aromatic hydroxyl groups is 2. The molecule has 1 spiro atoms. The minimum atomic E-state index is -0.803. The van der Waals surface area contributed by atoms with E-state index in [9.17, 15) is 15.0 Å². The summed E-state index contributed by atoms with van der Waals surface area (Å²) in [7, 11) is 0. The maximum atomic E-state index is 12.9. The predicted octanol–water partition coefficient (Wildman–Crippen LogP) is 4.29. The number of hydrogen-bond acceptors (Lipinski definition) is 4. The van der Waals surface area contributed by atoms with Crippen molar-refractivity contribution in [3.63, 3.8) is 0 Å². The molecular formula is C20H26O4. The monoisotopic (exact) mass is 330 g/mol. The molecule has 2 fully saturated rings. The number of hydrogen-bond donors (Lipinski definition) is 2. The van der Waals surface area contributed by atoms with Gasteiger partial charge in [-0.1, -0.05) is 34.1 Å². The van der Waals surface area contributed by atoms with Gasteiger partial charge < -0.3 is 14.9 Å². The molecular weight excluding hydrogens is 304 g/mol. The van der Waals surface area contributed by atoms with E-state index in [-0.39, 0.29) is 34.7 Å². The fraction of sp³-hybridized carbons (Fsp3) is 0.650. The summed E-state index contributed by atoms with van der Waals surface area (Å²) >= 11 is 0. The van der Waals surface area contributed by atoms with Gasteiger partial charge in [-0.15, -0.1) is 0 Å². The van der Waals surface area contributed by atoms with Crippen LogP contribution in [0.1, 0.15) is 82.1 Å². The quantitative estimate of drug-likeness (QED) is 0.595. The Morgan fingerprint density at radius 3 is 2.62 bits per heavy atom. The van der Waals surface area contributed by atoms with E-state index < -0.39 is 11.5 Å². The number of carbonyl (C=O) groups excluding carboxylic acids is 1. The number of esters is 1. The molecule has 4 nitrogen and oxygen atoms in total. The fourth-order valence-corrected chi connectivity index (χ4v) is 5.60. The Morgan fingerprint density at radius 1 is 1.25 bits per heavy atom. The zero-order chi connectivity index (χ0) is 17.4. The Labute approximate surface area is 142 Å². The first-order valence-electron chi connectivity index (χ1n) is 9.00. The number of phenolic OH excluding ortho intramolecular Hbond substituents is 2. The lowest BCUT2D eigenvalue weighted by atomic mass is 9.47. The summed E-state index contributed by atoms with van der Waals surface area (Å²) in [4.78, 5) is 12.9. The van der Waals surface area contributed by atoms with Gasteiger partial charge in [-0.25, -0.2) is 0 Å². The Hall–Kier alpha value is -1.71. The Bertz CT molecular complexity index is 734. The van der Waals surface area contributed by atoms with E-state index >= 15 is 0 Å². The minimum absolute atomic E-state index is 0.0202. The highest BCUT2D eigenvalue weighted by Crippen LogP contribution is 2.66. The van der Waals surface area contributed by atoms with Crippen LogP contribution in [0, 0.1) is 11.3 Å². The molecule has 3 atom stereocenters. The molecule has 1 saturated heterocycles. The van der Waals surface area contributed by atoms with Gasteiger partial charge >= 0.3 is 5.97 Å². The van der Waals surface area contributed by atoms with Gasteiger partial charge in [-0.05, 0) is 42.6 Å². The standard InChI is InChI=1S/C20H26O4/c1-10(2)11-8-12(21)16-15(17(11)22)13-9-14-19(3,4)6-5-7-20(14,16)18(23)24-13/h8,10,13-14,21-22H,5-7,9H2,1-4H3/t13?,14-,20+/m0/s1. The lowest BCUT2D eigenvalue weighted by Gasteiger charge is -2.58. The molecule has 1 unspecified atom stereocenters. The second kappa shape index (κ2) is 4.68. The van der Waals surface area contributed by atoms with E-state index in [2.05, 4.69) is 13.8 Å². The molecule has 0 amide bonds. The van der Waals surface area contributed by atoms with Gasteiger partial charge in [-0.2, -0.15) is 0 Å². The number of benzene rings is 1. The third-order valence-corrected chi connectivity index (χ3v) is 6.73. The van der Waals surface area contributed by atoms with Crippen LogP contribution in [0.15, 0.2) is 6.07 Å². The maximum Gasteiger partial charge on any atom is 0.317 e. The molecule has 5 rings (SSSR count). The van der Waals surface area contributed by atoms with E-state index in [1.807, 2.05) is 13.8 Å². The van der Waals surface area contributed by atoms with Gasteiger partial charge in [0.1, 0.15) is 23.0 Å². The Kier molecular flexibility index (Phi) is 3.08. The number of fused-ring (bicyclic) bond motifs is 1. The van der Waals surface area contributed by atoms with E-state index in [0.29, 0.717) is 17.5 Å². The average molecular weight is 330 g/mol. The Morgan fingerprint density at radius 2 is 1.96 bits per heavy atom. The predicted molar refractivity (Wildman–Crippen MR) is 90.1 cm³/mol. The van der Waals surface area contributed by atoms with E-state index in [0.717, 1.165) is 24.8 Å². The van der Waals surface area contributed by atoms with Crippen LogP contribution >= 0.6 is 0 Å². The molecule has 1 saturated carbocycles. The number of phenols is 2. The topological polar surface area (TPSA) is 66.8 Å². The van der Waals surface area contributed by atoms with Crippen molar-refractivity contribution in [1.29, 1.82) is 0 Å². The summed E-state index contributed by atoms with van der Waals surface area (Å²) in [5.41, 5.74) is 1.25. The smallest absolute Gasteiger partial charge is 0.317 e. The number of carbonyl (C=O) groups is 1. The zero-order valence-corrected chi connectivity index (χ0v) is 14.8. The molecule has 0 radical (unpaired) electrons. The van der Waals surface area contributed by atoms with Crippen LogP contribution in [0.2, 0.25) is 0 Å². The van der Waals surface area contributed by atoms with Crippen molar-refractivity contribution >= 4 is 5.97 Å². The molecule has 1 aromatic carbocycles. The highest BCUT2D eigenvalue weighted by Gasteiger charge is 2.65. The highest BCUT2D eigenvalue weighted by molar-refractivity contribution is 5.90. The zero-order valence-electron chi connectivity index (χ0n) is 14.8. The van der Waals surface area contributed by atoms with Gasteiger partial charge in [0.25, 0.3) is 0 Å². The van der Waals surface area contributed by atoms with Crippen LogP contribution in [0.3, 0.4) is 0 Å². The SMILES string of the molecule is CC(C)c1cc(O)c2c(c1O)C1C[C@H]3C(C)(C)CCC[C@]23C(=O)O1. The van der Waals surface area contributed by atoms with Crippen molar-refractivity contribution in [2.75, 3.05) is 0 Å². The highest BCUT2D eigenvalue weighted by atomic mass is 16.5. The molecule has 2 N–H and O–H groups in total. The normalized spacial score (nSPS) is 33.1. The van der Waals surface area contributed by atoms with Crippen molar-refractivity contribution < 1.29 is 19.7 Å². The number of rotatable bonds is 1. The van der Waals surface area contributed by atoms with Crippen LogP contribution < -0.4 is 0 Å². The van der Waals surface area contributed by atoms with Gasteiger partial charge in [0.2, 0.25) is 0 Å². The average Bonchev–Trinajstić information content (AvgIpc) is 2.49. The summed E-state index contributed by atoms with van der Waals surface area (Å²) in [5.74, 6) is 0.379.